The topological polar surface area (TPSA) is 257 Å². The van der Waals surface area contributed by atoms with Crippen LogP contribution in [0.15, 0.2) is 24.3 Å². The van der Waals surface area contributed by atoms with Crippen LogP contribution in [0, 0.1) is 5.92 Å². The first-order valence-electron chi connectivity index (χ1n) is 11.4. The predicted octanol–water partition coefficient (Wildman–Crippen LogP) is -2.40. The number of carbonyl (C=O) groups excluding carboxylic acids is 5. The van der Waals surface area contributed by atoms with Crippen molar-refractivity contribution < 1.29 is 39.0 Å². The summed E-state index contributed by atoms with van der Waals surface area (Å²) in [5.74, 6) is -6.03. The highest BCUT2D eigenvalue weighted by Crippen LogP contribution is 2.12. The molecular weight excluding hydrogens is 488 g/mol. The minimum Gasteiger partial charge on any atom is -0.508 e. The molecule has 14 heteroatoms. The van der Waals surface area contributed by atoms with Crippen LogP contribution < -0.4 is 33.2 Å². The fraction of sp³-hybridized carbons (Fsp3) is 0.478. The minimum atomic E-state index is -1.67. The number of primary amides is 2. The van der Waals surface area contributed by atoms with Crippen molar-refractivity contribution in [1.82, 2.24) is 16.0 Å². The Morgan fingerprint density at radius 2 is 1.24 bits per heavy atom. The zero-order valence-electron chi connectivity index (χ0n) is 20.6. The Hall–Kier alpha value is -4.20. The summed E-state index contributed by atoms with van der Waals surface area (Å²) in [5.41, 5.74) is 16.6. The summed E-state index contributed by atoms with van der Waals surface area (Å²) in [4.78, 5) is 72.7. The Morgan fingerprint density at radius 1 is 0.784 bits per heavy atom. The molecule has 0 saturated carbocycles. The molecule has 0 aromatic heterocycles. The van der Waals surface area contributed by atoms with Gasteiger partial charge in [0.25, 0.3) is 0 Å². The molecule has 0 radical (unpaired) electrons. The summed E-state index contributed by atoms with van der Waals surface area (Å²) >= 11 is 0. The SMILES string of the molecule is CC(C)CC(N)C(=O)NC(CC(N)=O)C(=O)NC(Cc1ccc(O)cc1)C(=O)NC(CC(N)=O)C(=O)O. The molecule has 204 valence electrons. The second kappa shape index (κ2) is 14.4. The fourth-order valence-electron chi connectivity index (χ4n) is 3.33. The highest BCUT2D eigenvalue weighted by atomic mass is 16.4. The molecule has 5 amide bonds. The summed E-state index contributed by atoms with van der Waals surface area (Å²) in [6.07, 6.45) is -1.17. The Bertz CT molecular complexity index is 997. The van der Waals surface area contributed by atoms with Gasteiger partial charge in [-0.25, -0.2) is 4.79 Å². The number of amides is 5. The molecule has 0 saturated heterocycles. The molecule has 0 fully saturated rings. The number of nitrogens with two attached hydrogens (primary N) is 3. The van der Waals surface area contributed by atoms with Gasteiger partial charge in [-0.05, 0) is 30.0 Å². The van der Waals surface area contributed by atoms with Crippen LogP contribution in [0.1, 0.15) is 38.7 Å². The van der Waals surface area contributed by atoms with Gasteiger partial charge in [0.15, 0.2) is 0 Å². The van der Waals surface area contributed by atoms with Crippen LogP contribution in [0.5, 0.6) is 5.75 Å². The molecule has 14 nitrogen and oxygen atoms in total. The Balaban J connectivity index is 3.17. The number of benzene rings is 1. The van der Waals surface area contributed by atoms with E-state index in [1.807, 2.05) is 13.8 Å². The average Bonchev–Trinajstić information content (AvgIpc) is 2.77. The van der Waals surface area contributed by atoms with Crippen molar-refractivity contribution in [2.45, 2.75) is 63.7 Å². The highest BCUT2D eigenvalue weighted by molar-refractivity contribution is 5.96. The molecule has 1 aromatic carbocycles. The molecular formula is C23H34N6O8. The van der Waals surface area contributed by atoms with Crippen molar-refractivity contribution >= 4 is 35.5 Å². The first kappa shape index (κ1) is 30.8. The van der Waals surface area contributed by atoms with Crippen LogP contribution in [0.4, 0.5) is 0 Å². The van der Waals surface area contributed by atoms with E-state index in [2.05, 4.69) is 16.0 Å². The maximum Gasteiger partial charge on any atom is 0.326 e. The summed E-state index contributed by atoms with van der Waals surface area (Å²) < 4.78 is 0. The van der Waals surface area contributed by atoms with Crippen LogP contribution in [0.2, 0.25) is 0 Å². The molecule has 0 heterocycles. The highest BCUT2D eigenvalue weighted by Gasteiger charge is 2.32. The number of carboxylic acid groups (broad SMARTS) is 1. The van der Waals surface area contributed by atoms with Crippen LogP contribution in [-0.2, 0) is 35.2 Å². The second-order valence-corrected chi connectivity index (χ2v) is 8.97. The van der Waals surface area contributed by atoms with Crippen molar-refractivity contribution in [3.63, 3.8) is 0 Å². The van der Waals surface area contributed by atoms with Crippen molar-refractivity contribution in [3.05, 3.63) is 29.8 Å². The van der Waals surface area contributed by atoms with E-state index >= 15 is 0 Å². The van der Waals surface area contributed by atoms with Crippen LogP contribution in [0.3, 0.4) is 0 Å². The van der Waals surface area contributed by atoms with Crippen LogP contribution in [-0.4, -0.2) is 69.9 Å². The molecule has 0 aliphatic carbocycles. The summed E-state index contributed by atoms with van der Waals surface area (Å²) in [6, 6.07) is 0.0871. The summed E-state index contributed by atoms with van der Waals surface area (Å²) in [6.45, 7) is 3.69. The third-order valence-corrected chi connectivity index (χ3v) is 5.13. The van der Waals surface area contributed by atoms with Gasteiger partial charge in [-0.3, -0.25) is 24.0 Å². The van der Waals surface area contributed by atoms with E-state index in [0.29, 0.717) is 12.0 Å². The average molecular weight is 523 g/mol. The lowest BCUT2D eigenvalue weighted by atomic mass is 10.0. The normalized spacial score (nSPS) is 14.1. The third kappa shape index (κ3) is 11.4. The van der Waals surface area contributed by atoms with Crippen molar-refractivity contribution in [1.29, 1.82) is 0 Å². The number of carboxylic acids is 1. The predicted molar refractivity (Wildman–Crippen MR) is 130 cm³/mol. The first-order valence-corrected chi connectivity index (χ1v) is 11.4. The van der Waals surface area contributed by atoms with E-state index < -0.39 is 72.5 Å². The molecule has 11 N–H and O–H groups in total. The Morgan fingerprint density at radius 3 is 1.73 bits per heavy atom. The van der Waals surface area contributed by atoms with Crippen LogP contribution in [0.25, 0.3) is 0 Å². The van der Waals surface area contributed by atoms with E-state index in [9.17, 15) is 39.0 Å². The van der Waals surface area contributed by atoms with Crippen molar-refractivity contribution in [2.24, 2.45) is 23.1 Å². The number of aliphatic carboxylic acids is 1. The Labute approximate surface area is 213 Å². The lowest BCUT2D eigenvalue weighted by Gasteiger charge is -2.25. The van der Waals surface area contributed by atoms with E-state index in [0.717, 1.165) is 0 Å². The lowest BCUT2D eigenvalue weighted by Crippen LogP contribution is -2.58. The summed E-state index contributed by atoms with van der Waals surface area (Å²) in [7, 11) is 0. The maximum atomic E-state index is 13.0. The zero-order valence-corrected chi connectivity index (χ0v) is 20.6. The largest absolute Gasteiger partial charge is 0.508 e. The quantitative estimate of drug-likeness (QED) is 0.122. The molecule has 0 spiro atoms. The van der Waals surface area contributed by atoms with E-state index in [1.165, 1.54) is 24.3 Å². The van der Waals surface area contributed by atoms with E-state index in [-0.39, 0.29) is 18.1 Å². The van der Waals surface area contributed by atoms with Gasteiger partial charge in [0.2, 0.25) is 29.5 Å². The van der Waals surface area contributed by atoms with Gasteiger partial charge in [-0.15, -0.1) is 0 Å². The monoisotopic (exact) mass is 522 g/mol. The number of phenolic OH excluding ortho intramolecular Hbond substituents is 1. The van der Waals surface area contributed by atoms with E-state index in [1.54, 1.807) is 0 Å². The van der Waals surface area contributed by atoms with Gasteiger partial charge in [0, 0.05) is 6.42 Å². The fourth-order valence-corrected chi connectivity index (χ4v) is 3.33. The molecule has 0 bridgehead atoms. The van der Waals surface area contributed by atoms with Gasteiger partial charge in [0.1, 0.15) is 23.9 Å². The molecule has 0 aliphatic rings. The number of hydrogen-bond acceptors (Lipinski definition) is 8. The Kier molecular flexibility index (Phi) is 12.0. The van der Waals surface area contributed by atoms with Gasteiger partial charge in [-0.2, -0.15) is 0 Å². The second-order valence-electron chi connectivity index (χ2n) is 8.97. The molecule has 0 aliphatic heterocycles. The van der Waals surface area contributed by atoms with Gasteiger partial charge in [-0.1, -0.05) is 26.0 Å². The molecule has 1 rings (SSSR count). The zero-order chi connectivity index (χ0) is 28.3. The molecule has 4 unspecified atom stereocenters. The first-order chi connectivity index (χ1) is 17.2. The molecule has 1 aromatic rings. The smallest absolute Gasteiger partial charge is 0.326 e. The van der Waals surface area contributed by atoms with Crippen LogP contribution >= 0.6 is 0 Å². The molecule has 4 atom stereocenters. The lowest BCUT2D eigenvalue weighted by molar-refractivity contribution is -0.143. The standard InChI is InChI=1S/C23H34N6O8/c1-11(2)7-14(24)20(33)27-16(9-18(25)31)22(35)28-15(8-12-3-5-13(30)6-4-12)21(34)29-17(23(36)37)10-19(26)32/h3-6,11,14-17,30H,7-10,24H2,1-2H3,(H2,25,31)(H2,26,32)(H,27,33)(H,28,35)(H,29,34)(H,36,37). The number of aromatic hydroxyl groups is 1. The number of hydrogen-bond donors (Lipinski definition) is 8. The number of carbonyl (C=O) groups is 6. The van der Waals surface area contributed by atoms with Gasteiger partial charge < -0.3 is 43.4 Å². The third-order valence-electron chi connectivity index (χ3n) is 5.13. The minimum absolute atomic E-state index is 0.0526. The van der Waals surface area contributed by atoms with Gasteiger partial charge in [0.05, 0.1) is 18.9 Å². The van der Waals surface area contributed by atoms with Crippen molar-refractivity contribution in [2.75, 3.05) is 0 Å². The number of rotatable bonds is 15. The van der Waals surface area contributed by atoms with Crippen molar-refractivity contribution in [3.8, 4) is 5.75 Å². The number of nitrogens with one attached hydrogen (secondary N) is 3. The van der Waals surface area contributed by atoms with E-state index in [4.69, 9.17) is 17.2 Å². The maximum absolute atomic E-state index is 13.0. The number of phenols is 1. The molecule has 37 heavy (non-hydrogen) atoms. The van der Waals surface area contributed by atoms with Gasteiger partial charge >= 0.3 is 5.97 Å². The summed E-state index contributed by atoms with van der Waals surface area (Å²) in [5, 5.41) is 25.7.